The van der Waals surface area contributed by atoms with Crippen molar-refractivity contribution in [2.75, 3.05) is 6.61 Å². The standard InChI is InChI=1S/C15H22O2/c1-4-6-7-10-17-15(16)14-9-8-13(5-2)12(3)11-14/h8-9,11H,4-7,10H2,1-3H3. The normalized spacial score (nSPS) is 10.3. The quantitative estimate of drug-likeness (QED) is 0.551. The highest BCUT2D eigenvalue weighted by Crippen LogP contribution is 2.12. The minimum Gasteiger partial charge on any atom is -0.462 e. The van der Waals surface area contributed by atoms with Crippen LogP contribution in [-0.2, 0) is 11.2 Å². The summed E-state index contributed by atoms with van der Waals surface area (Å²) < 4.78 is 5.22. The molecule has 0 amide bonds. The van der Waals surface area contributed by atoms with E-state index in [-0.39, 0.29) is 5.97 Å². The summed E-state index contributed by atoms with van der Waals surface area (Å²) in [6.45, 7) is 6.81. The summed E-state index contributed by atoms with van der Waals surface area (Å²) in [5.41, 5.74) is 3.11. The van der Waals surface area contributed by atoms with Crippen molar-refractivity contribution in [3.05, 3.63) is 34.9 Å². The molecular formula is C15H22O2. The number of ether oxygens (including phenoxy) is 1. The lowest BCUT2D eigenvalue weighted by Crippen LogP contribution is -2.07. The predicted molar refractivity (Wildman–Crippen MR) is 70.4 cm³/mol. The van der Waals surface area contributed by atoms with Crippen LogP contribution in [0, 0.1) is 6.92 Å². The molecule has 0 saturated heterocycles. The van der Waals surface area contributed by atoms with Gasteiger partial charge in [-0.3, -0.25) is 0 Å². The Kier molecular flexibility index (Phi) is 5.75. The topological polar surface area (TPSA) is 26.3 Å². The van der Waals surface area contributed by atoms with E-state index in [1.54, 1.807) is 0 Å². The van der Waals surface area contributed by atoms with Crippen molar-refractivity contribution in [2.24, 2.45) is 0 Å². The average Bonchev–Trinajstić information content (AvgIpc) is 2.34. The van der Waals surface area contributed by atoms with E-state index < -0.39 is 0 Å². The van der Waals surface area contributed by atoms with E-state index in [0.717, 1.165) is 31.2 Å². The van der Waals surface area contributed by atoms with Crippen molar-refractivity contribution < 1.29 is 9.53 Å². The first-order chi connectivity index (χ1) is 8.19. The Hall–Kier alpha value is -1.31. The van der Waals surface area contributed by atoms with Crippen molar-refractivity contribution in [2.45, 2.75) is 46.5 Å². The zero-order valence-corrected chi connectivity index (χ0v) is 11.1. The van der Waals surface area contributed by atoms with Crippen molar-refractivity contribution in [3.63, 3.8) is 0 Å². The Morgan fingerprint density at radius 2 is 2.00 bits per heavy atom. The van der Waals surface area contributed by atoms with E-state index in [2.05, 4.69) is 13.8 Å². The zero-order valence-electron chi connectivity index (χ0n) is 11.1. The number of hydrogen-bond donors (Lipinski definition) is 0. The molecule has 0 aliphatic rings. The fraction of sp³-hybridized carbons (Fsp3) is 0.533. The third kappa shape index (κ3) is 4.22. The molecule has 0 unspecified atom stereocenters. The average molecular weight is 234 g/mol. The minimum atomic E-state index is -0.202. The van der Waals surface area contributed by atoms with Crippen molar-refractivity contribution in [1.29, 1.82) is 0 Å². The van der Waals surface area contributed by atoms with Gasteiger partial charge in [0.05, 0.1) is 12.2 Å². The lowest BCUT2D eigenvalue weighted by atomic mass is 10.0. The van der Waals surface area contributed by atoms with Gasteiger partial charge in [-0.2, -0.15) is 0 Å². The fourth-order valence-electron chi connectivity index (χ4n) is 1.82. The number of carbonyl (C=O) groups is 1. The summed E-state index contributed by atoms with van der Waals surface area (Å²) in [4.78, 5) is 11.7. The summed E-state index contributed by atoms with van der Waals surface area (Å²) in [6.07, 6.45) is 4.20. The van der Waals surface area contributed by atoms with Crippen molar-refractivity contribution in [3.8, 4) is 0 Å². The number of hydrogen-bond acceptors (Lipinski definition) is 2. The summed E-state index contributed by atoms with van der Waals surface area (Å²) in [5.74, 6) is -0.202. The number of carbonyl (C=O) groups excluding carboxylic acids is 1. The Morgan fingerprint density at radius 3 is 2.59 bits per heavy atom. The van der Waals surface area contributed by atoms with E-state index >= 15 is 0 Å². The second-order valence-corrected chi connectivity index (χ2v) is 4.34. The maximum absolute atomic E-state index is 11.7. The molecule has 0 aromatic heterocycles. The van der Waals surface area contributed by atoms with Gasteiger partial charge in [0.1, 0.15) is 0 Å². The van der Waals surface area contributed by atoms with Gasteiger partial charge >= 0.3 is 5.97 Å². The molecule has 1 aromatic carbocycles. The van der Waals surface area contributed by atoms with Crippen LogP contribution in [0.5, 0.6) is 0 Å². The van der Waals surface area contributed by atoms with E-state index in [9.17, 15) is 4.79 Å². The van der Waals surface area contributed by atoms with Gasteiger partial charge in [0.2, 0.25) is 0 Å². The van der Waals surface area contributed by atoms with Crippen LogP contribution < -0.4 is 0 Å². The molecule has 1 rings (SSSR count). The number of aryl methyl sites for hydroxylation is 2. The second kappa shape index (κ2) is 7.10. The smallest absolute Gasteiger partial charge is 0.338 e. The molecule has 0 bridgehead atoms. The van der Waals surface area contributed by atoms with Crippen LogP contribution in [0.4, 0.5) is 0 Å². The Morgan fingerprint density at radius 1 is 1.24 bits per heavy atom. The largest absolute Gasteiger partial charge is 0.462 e. The summed E-state index contributed by atoms with van der Waals surface area (Å²) >= 11 is 0. The van der Waals surface area contributed by atoms with E-state index in [0.29, 0.717) is 12.2 Å². The van der Waals surface area contributed by atoms with Crippen LogP contribution >= 0.6 is 0 Å². The molecule has 94 valence electrons. The highest BCUT2D eigenvalue weighted by molar-refractivity contribution is 5.89. The van der Waals surface area contributed by atoms with Gasteiger partial charge in [-0.15, -0.1) is 0 Å². The van der Waals surface area contributed by atoms with Crippen molar-refractivity contribution in [1.82, 2.24) is 0 Å². The molecule has 2 heteroatoms. The molecular weight excluding hydrogens is 212 g/mol. The van der Waals surface area contributed by atoms with Gasteiger partial charge in [-0.05, 0) is 43.0 Å². The highest BCUT2D eigenvalue weighted by atomic mass is 16.5. The molecule has 2 nitrogen and oxygen atoms in total. The van der Waals surface area contributed by atoms with Gasteiger partial charge in [-0.25, -0.2) is 4.79 Å². The summed E-state index contributed by atoms with van der Waals surface area (Å²) in [7, 11) is 0. The number of unbranched alkanes of at least 4 members (excludes halogenated alkanes) is 2. The maximum atomic E-state index is 11.7. The number of esters is 1. The second-order valence-electron chi connectivity index (χ2n) is 4.34. The third-order valence-corrected chi connectivity index (χ3v) is 2.94. The lowest BCUT2D eigenvalue weighted by Gasteiger charge is -2.07. The Balaban J connectivity index is 2.54. The van der Waals surface area contributed by atoms with Gasteiger partial charge in [0.25, 0.3) is 0 Å². The van der Waals surface area contributed by atoms with Crippen molar-refractivity contribution >= 4 is 5.97 Å². The monoisotopic (exact) mass is 234 g/mol. The lowest BCUT2D eigenvalue weighted by molar-refractivity contribution is 0.0498. The first-order valence-electron chi connectivity index (χ1n) is 6.45. The highest BCUT2D eigenvalue weighted by Gasteiger charge is 2.08. The minimum absolute atomic E-state index is 0.202. The first-order valence-corrected chi connectivity index (χ1v) is 6.45. The fourth-order valence-corrected chi connectivity index (χ4v) is 1.82. The number of rotatable bonds is 6. The van der Waals surface area contributed by atoms with E-state index in [4.69, 9.17) is 4.74 Å². The molecule has 1 aromatic rings. The molecule has 0 spiro atoms. The van der Waals surface area contributed by atoms with Crippen LogP contribution in [-0.4, -0.2) is 12.6 Å². The third-order valence-electron chi connectivity index (χ3n) is 2.94. The van der Waals surface area contributed by atoms with Crippen LogP contribution in [0.15, 0.2) is 18.2 Å². The molecule has 0 saturated carbocycles. The maximum Gasteiger partial charge on any atom is 0.338 e. The molecule has 0 fully saturated rings. The zero-order chi connectivity index (χ0) is 12.7. The van der Waals surface area contributed by atoms with Gasteiger partial charge < -0.3 is 4.74 Å². The summed E-state index contributed by atoms with van der Waals surface area (Å²) in [6, 6.07) is 5.78. The van der Waals surface area contributed by atoms with E-state index in [1.165, 1.54) is 5.56 Å². The Bertz CT molecular complexity index is 369. The van der Waals surface area contributed by atoms with Crippen LogP contribution in [0.25, 0.3) is 0 Å². The van der Waals surface area contributed by atoms with Crippen LogP contribution in [0.2, 0.25) is 0 Å². The van der Waals surface area contributed by atoms with Gasteiger partial charge in [0.15, 0.2) is 0 Å². The molecule has 0 aliphatic heterocycles. The molecule has 0 heterocycles. The van der Waals surface area contributed by atoms with Crippen LogP contribution in [0.3, 0.4) is 0 Å². The molecule has 0 radical (unpaired) electrons. The summed E-state index contributed by atoms with van der Waals surface area (Å²) in [5, 5.41) is 0. The first kappa shape index (κ1) is 13.8. The Labute approximate surface area is 104 Å². The SMILES string of the molecule is CCCCCOC(=O)c1ccc(CC)c(C)c1. The van der Waals surface area contributed by atoms with Crippen LogP contribution in [0.1, 0.15) is 54.6 Å². The molecule has 17 heavy (non-hydrogen) atoms. The number of benzene rings is 1. The van der Waals surface area contributed by atoms with Gasteiger partial charge in [0, 0.05) is 0 Å². The molecule has 0 aliphatic carbocycles. The molecule has 0 N–H and O–H groups in total. The van der Waals surface area contributed by atoms with E-state index in [1.807, 2.05) is 25.1 Å². The van der Waals surface area contributed by atoms with Gasteiger partial charge in [-0.1, -0.05) is 32.8 Å². The predicted octanol–water partition coefficient (Wildman–Crippen LogP) is 3.90. The molecule has 0 atom stereocenters.